The summed E-state index contributed by atoms with van der Waals surface area (Å²) in [5.41, 5.74) is -0.193. The normalized spacial score (nSPS) is 18.9. The van der Waals surface area contributed by atoms with E-state index in [0.717, 1.165) is 6.42 Å². The van der Waals surface area contributed by atoms with E-state index in [4.69, 9.17) is 5.11 Å². The molecule has 1 unspecified atom stereocenters. The van der Waals surface area contributed by atoms with E-state index in [2.05, 4.69) is 0 Å². The van der Waals surface area contributed by atoms with Gasteiger partial charge in [-0.3, -0.25) is 4.79 Å². The molecule has 1 aromatic carbocycles. The lowest BCUT2D eigenvalue weighted by Crippen LogP contribution is -2.29. The van der Waals surface area contributed by atoms with Crippen molar-refractivity contribution >= 4 is 5.91 Å². The van der Waals surface area contributed by atoms with Crippen LogP contribution in [0.25, 0.3) is 0 Å². The van der Waals surface area contributed by atoms with Gasteiger partial charge in [-0.25, -0.2) is 13.2 Å². The Morgan fingerprint density at radius 1 is 1.32 bits per heavy atom. The molecule has 1 aliphatic heterocycles. The van der Waals surface area contributed by atoms with E-state index in [0.29, 0.717) is 31.6 Å². The fourth-order valence-electron chi connectivity index (χ4n) is 2.30. The Balaban J connectivity index is 2.13. The van der Waals surface area contributed by atoms with Gasteiger partial charge in [0.05, 0.1) is 0 Å². The van der Waals surface area contributed by atoms with Crippen LogP contribution in [0.4, 0.5) is 13.2 Å². The number of likely N-dealkylation sites (tertiary alicyclic amines) is 1. The molecule has 1 saturated heterocycles. The third kappa shape index (κ3) is 2.89. The van der Waals surface area contributed by atoms with E-state index in [1.54, 1.807) is 0 Å². The lowest BCUT2D eigenvalue weighted by molar-refractivity contribution is 0.0783. The van der Waals surface area contributed by atoms with Gasteiger partial charge in [0, 0.05) is 25.3 Å². The molecule has 2 rings (SSSR count). The molecular weight excluding hydrogens is 259 g/mol. The van der Waals surface area contributed by atoms with Gasteiger partial charge >= 0.3 is 0 Å². The van der Waals surface area contributed by atoms with Gasteiger partial charge in [-0.15, -0.1) is 0 Å². The number of aliphatic hydroxyl groups excluding tert-OH is 1. The molecule has 0 saturated carbocycles. The Morgan fingerprint density at radius 2 is 1.95 bits per heavy atom. The van der Waals surface area contributed by atoms with Crippen molar-refractivity contribution in [3.63, 3.8) is 0 Å². The first kappa shape index (κ1) is 13.9. The van der Waals surface area contributed by atoms with Crippen molar-refractivity contribution in [1.82, 2.24) is 4.90 Å². The highest BCUT2D eigenvalue weighted by Crippen LogP contribution is 2.22. The lowest BCUT2D eigenvalue weighted by atomic mass is 10.1. The molecule has 6 heteroatoms. The maximum atomic E-state index is 13.1. The average Bonchev–Trinajstić information content (AvgIpc) is 2.83. The predicted octanol–water partition coefficient (Wildman–Crippen LogP) is 1.95. The molecule has 0 spiro atoms. The quantitative estimate of drug-likeness (QED) is 0.855. The molecule has 19 heavy (non-hydrogen) atoms. The van der Waals surface area contributed by atoms with Crippen LogP contribution in [0.1, 0.15) is 23.2 Å². The maximum Gasteiger partial charge on any atom is 0.254 e. The molecule has 0 bridgehead atoms. The van der Waals surface area contributed by atoms with E-state index in [1.807, 2.05) is 0 Å². The topological polar surface area (TPSA) is 40.5 Å². The SMILES string of the molecule is O=C(c1cc(F)c(F)c(F)c1)N1CCC(CCO)C1. The smallest absolute Gasteiger partial charge is 0.254 e. The summed E-state index contributed by atoms with van der Waals surface area (Å²) in [5, 5.41) is 8.83. The summed E-state index contributed by atoms with van der Waals surface area (Å²) in [6.45, 7) is 0.969. The first-order valence-electron chi connectivity index (χ1n) is 6.07. The number of aliphatic hydroxyl groups is 1. The first-order valence-corrected chi connectivity index (χ1v) is 6.07. The van der Waals surface area contributed by atoms with Crippen LogP contribution in [0.5, 0.6) is 0 Å². The van der Waals surface area contributed by atoms with E-state index in [1.165, 1.54) is 4.90 Å². The maximum absolute atomic E-state index is 13.1. The highest BCUT2D eigenvalue weighted by Gasteiger charge is 2.27. The molecule has 1 aromatic rings. The molecule has 1 amide bonds. The fraction of sp³-hybridized carbons (Fsp3) is 0.462. The van der Waals surface area contributed by atoms with Crippen molar-refractivity contribution in [1.29, 1.82) is 0 Å². The summed E-state index contributed by atoms with van der Waals surface area (Å²) in [4.78, 5) is 13.5. The third-order valence-corrected chi connectivity index (χ3v) is 3.34. The number of benzene rings is 1. The zero-order chi connectivity index (χ0) is 14.0. The predicted molar refractivity (Wildman–Crippen MR) is 62.0 cm³/mol. The second-order valence-corrected chi connectivity index (χ2v) is 4.67. The summed E-state index contributed by atoms with van der Waals surface area (Å²) in [7, 11) is 0. The van der Waals surface area contributed by atoms with Gasteiger partial charge in [-0.2, -0.15) is 0 Å². The van der Waals surface area contributed by atoms with Gasteiger partial charge in [0.15, 0.2) is 17.5 Å². The van der Waals surface area contributed by atoms with Crippen LogP contribution in [-0.2, 0) is 0 Å². The second-order valence-electron chi connectivity index (χ2n) is 4.67. The van der Waals surface area contributed by atoms with Gasteiger partial charge in [-0.05, 0) is 30.9 Å². The third-order valence-electron chi connectivity index (χ3n) is 3.34. The molecule has 1 heterocycles. The summed E-state index contributed by atoms with van der Waals surface area (Å²) in [6, 6.07) is 1.42. The molecule has 1 aliphatic rings. The van der Waals surface area contributed by atoms with Crippen molar-refractivity contribution in [2.75, 3.05) is 19.7 Å². The highest BCUT2D eigenvalue weighted by atomic mass is 19.2. The zero-order valence-corrected chi connectivity index (χ0v) is 10.2. The molecule has 3 nitrogen and oxygen atoms in total. The molecule has 0 aromatic heterocycles. The average molecular weight is 273 g/mol. The number of halogens is 3. The zero-order valence-electron chi connectivity index (χ0n) is 10.2. The number of hydrogen-bond donors (Lipinski definition) is 1. The summed E-state index contributed by atoms with van der Waals surface area (Å²) in [6.07, 6.45) is 1.34. The van der Waals surface area contributed by atoms with Gasteiger partial charge in [-0.1, -0.05) is 0 Å². The Bertz CT molecular complexity index is 470. The molecule has 1 fully saturated rings. The van der Waals surface area contributed by atoms with Crippen LogP contribution in [0, 0.1) is 23.4 Å². The van der Waals surface area contributed by atoms with E-state index >= 15 is 0 Å². The molecule has 0 aliphatic carbocycles. The second kappa shape index (κ2) is 5.61. The summed E-state index contributed by atoms with van der Waals surface area (Å²) in [5.74, 6) is -4.62. The number of carbonyl (C=O) groups is 1. The number of amides is 1. The van der Waals surface area contributed by atoms with Gasteiger partial charge in [0.2, 0.25) is 0 Å². The molecular formula is C13H14F3NO2. The Labute approximate surface area is 108 Å². The van der Waals surface area contributed by atoms with Crippen LogP contribution in [0.2, 0.25) is 0 Å². The van der Waals surface area contributed by atoms with Crippen LogP contribution < -0.4 is 0 Å². The lowest BCUT2D eigenvalue weighted by Gasteiger charge is -2.16. The number of carbonyl (C=O) groups excluding carboxylic acids is 1. The minimum Gasteiger partial charge on any atom is -0.396 e. The number of hydrogen-bond acceptors (Lipinski definition) is 2. The monoisotopic (exact) mass is 273 g/mol. The summed E-state index contributed by atoms with van der Waals surface area (Å²) >= 11 is 0. The Kier molecular flexibility index (Phi) is 4.09. The minimum absolute atomic E-state index is 0.0481. The highest BCUT2D eigenvalue weighted by molar-refractivity contribution is 5.94. The van der Waals surface area contributed by atoms with E-state index < -0.39 is 23.4 Å². The van der Waals surface area contributed by atoms with E-state index in [9.17, 15) is 18.0 Å². The number of nitrogens with zero attached hydrogens (tertiary/aromatic N) is 1. The molecule has 1 atom stereocenters. The van der Waals surface area contributed by atoms with Crippen molar-refractivity contribution in [2.24, 2.45) is 5.92 Å². The first-order chi connectivity index (χ1) is 9.02. The standard InChI is InChI=1S/C13H14F3NO2/c14-10-5-9(6-11(15)12(10)16)13(19)17-3-1-8(7-17)2-4-18/h5-6,8,18H,1-4,7H2. The largest absolute Gasteiger partial charge is 0.396 e. The van der Waals surface area contributed by atoms with E-state index in [-0.39, 0.29) is 18.1 Å². The fourth-order valence-corrected chi connectivity index (χ4v) is 2.30. The van der Waals surface area contributed by atoms with Crippen LogP contribution in [-0.4, -0.2) is 35.6 Å². The molecule has 1 N–H and O–H groups in total. The van der Waals surface area contributed by atoms with Crippen molar-refractivity contribution < 1.29 is 23.1 Å². The van der Waals surface area contributed by atoms with Crippen molar-refractivity contribution in [2.45, 2.75) is 12.8 Å². The van der Waals surface area contributed by atoms with Gasteiger partial charge in [0.1, 0.15) is 0 Å². The molecule has 0 radical (unpaired) electrons. The van der Waals surface area contributed by atoms with Gasteiger partial charge < -0.3 is 10.0 Å². The minimum atomic E-state index is -1.57. The summed E-state index contributed by atoms with van der Waals surface area (Å²) < 4.78 is 38.9. The van der Waals surface area contributed by atoms with Crippen molar-refractivity contribution in [3.8, 4) is 0 Å². The van der Waals surface area contributed by atoms with Crippen LogP contribution in [0.3, 0.4) is 0 Å². The molecule has 104 valence electrons. The van der Waals surface area contributed by atoms with Crippen LogP contribution in [0.15, 0.2) is 12.1 Å². The number of rotatable bonds is 3. The Hall–Kier alpha value is -1.56. The van der Waals surface area contributed by atoms with Crippen LogP contribution >= 0.6 is 0 Å². The Morgan fingerprint density at radius 3 is 2.53 bits per heavy atom. The van der Waals surface area contributed by atoms with Crippen molar-refractivity contribution in [3.05, 3.63) is 35.1 Å². The van der Waals surface area contributed by atoms with Gasteiger partial charge in [0.25, 0.3) is 5.91 Å².